The van der Waals surface area contributed by atoms with Gasteiger partial charge in [0.1, 0.15) is 17.8 Å². The molecule has 6 heteroatoms. The zero-order valence-corrected chi connectivity index (χ0v) is 8.79. The largest absolute Gasteiger partial charge is 0.770 e. The highest BCUT2D eigenvalue weighted by Crippen LogP contribution is 2.16. The summed E-state index contributed by atoms with van der Waals surface area (Å²) in [6.07, 6.45) is 1.83. The number of phenols is 1. The Hall–Kier alpha value is -1.95. The monoisotopic (exact) mass is 226 g/mol. The van der Waals surface area contributed by atoms with E-state index in [1.807, 2.05) is 0 Å². The van der Waals surface area contributed by atoms with Gasteiger partial charge in [0.25, 0.3) is 0 Å². The minimum atomic E-state index is -2.96. The number of hydrogen-bond acceptors (Lipinski definition) is 4. The van der Waals surface area contributed by atoms with E-state index >= 15 is 0 Å². The molecule has 0 aliphatic rings. The highest BCUT2D eigenvalue weighted by atomic mass is 28.3. The van der Waals surface area contributed by atoms with Crippen molar-refractivity contribution in [2.45, 2.75) is 0 Å². The molecule has 1 aromatic rings. The standard InChI is InChI=1S/C6H6O4Si.C3H4O/c7-5-2-1-3-6(4-5)10-11(8)9;1-2-3-4/h1-4,7-8H;2-3H,1H2. The maximum absolute atomic E-state index is 10.2. The van der Waals surface area contributed by atoms with Gasteiger partial charge < -0.3 is 14.3 Å². The van der Waals surface area contributed by atoms with Crippen LogP contribution in [0.15, 0.2) is 36.9 Å². The summed E-state index contributed by atoms with van der Waals surface area (Å²) < 4.78 is 14.6. The van der Waals surface area contributed by atoms with Crippen molar-refractivity contribution in [1.29, 1.82) is 0 Å². The Balaban J connectivity index is 0.000000423. The van der Waals surface area contributed by atoms with Crippen molar-refractivity contribution in [3.63, 3.8) is 0 Å². The van der Waals surface area contributed by atoms with E-state index in [2.05, 4.69) is 11.0 Å². The molecule has 0 heterocycles. The Labute approximate surface area is 88.2 Å². The van der Waals surface area contributed by atoms with Gasteiger partial charge in [0.2, 0.25) is 0 Å². The number of aromatic hydroxyl groups is 1. The van der Waals surface area contributed by atoms with Crippen LogP contribution >= 0.6 is 0 Å². The van der Waals surface area contributed by atoms with Crippen molar-refractivity contribution < 1.29 is 23.6 Å². The van der Waals surface area contributed by atoms with Crippen LogP contribution in [-0.4, -0.2) is 25.4 Å². The van der Waals surface area contributed by atoms with E-state index in [1.165, 1.54) is 30.3 Å². The van der Waals surface area contributed by atoms with Gasteiger partial charge in [-0.15, -0.1) is 0 Å². The lowest BCUT2D eigenvalue weighted by Gasteiger charge is -1.98. The van der Waals surface area contributed by atoms with E-state index < -0.39 is 9.17 Å². The Bertz CT molecular complexity index is 344. The second-order valence-corrected chi connectivity index (χ2v) is 2.97. The molecule has 0 amide bonds. The van der Waals surface area contributed by atoms with Gasteiger partial charge in [-0.3, -0.25) is 9.26 Å². The van der Waals surface area contributed by atoms with Crippen molar-refractivity contribution in [2.75, 3.05) is 0 Å². The first-order valence-electron chi connectivity index (χ1n) is 3.86. The first-order valence-corrected chi connectivity index (χ1v) is 5.12. The summed E-state index contributed by atoms with van der Waals surface area (Å²) in [7, 11) is -2.96. The van der Waals surface area contributed by atoms with Crippen LogP contribution < -0.4 is 4.43 Å². The van der Waals surface area contributed by atoms with Gasteiger partial charge >= 0.3 is 9.17 Å². The molecule has 0 aliphatic heterocycles. The predicted octanol–water partition coefficient (Wildman–Crippen LogP) is 0.550. The average Bonchev–Trinajstić information content (AvgIpc) is 2.17. The van der Waals surface area contributed by atoms with Gasteiger partial charge in [-0.2, -0.15) is 0 Å². The van der Waals surface area contributed by atoms with Crippen LogP contribution in [0.2, 0.25) is 0 Å². The number of carbonyl (C=O) groups excluding carboxylic acids is 1. The molecule has 0 saturated heterocycles. The summed E-state index contributed by atoms with van der Waals surface area (Å²) in [5.74, 6) is 0.196. The van der Waals surface area contributed by atoms with Crippen LogP contribution in [0.3, 0.4) is 0 Å². The van der Waals surface area contributed by atoms with Gasteiger partial charge in [0.15, 0.2) is 0 Å². The number of benzene rings is 1. The number of aldehydes is 1. The fourth-order valence-electron chi connectivity index (χ4n) is 0.648. The Morgan fingerprint density at radius 2 is 2.07 bits per heavy atom. The van der Waals surface area contributed by atoms with Crippen molar-refractivity contribution >= 4 is 15.5 Å². The number of carbonyl (C=O) groups is 1. The highest BCUT2D eigenvalue weighted by molar-refractivity contribution is 6.25. The molecule has 0 atom stereocenters. The smallest absolute Gasteiger partial charge is 0.511 e. The lowest BCUT2D eigenvalue weighted by Crippen LogP contribution is -2.08. The molecule has 0 fully saturated rings. The molecule has 0 radical (unpaired) electrons. The first kappa shape index (κ1) is 13.0. The Morgan fingerprint density at radius 1 is 1.47 bits per heavy atom. The summed E-state index contributed by atoms with van der Waals surface area (Å²) in [5.41, 5.74) is 0. The third kappa shape index (κ3) is 7.14. The zero-order valence-electron chi connectivity index (χ0n) is 7.79. The molecule has 80 valence electrons. The van der Waals surface area contributed by atoms with Crippen LogP contribution in [0.5, 0.6) is 11.5 Å². The lowest BCUT2D eigenvalue weighted by atomic mass is 10.3. The second kappa shape index (κ2) is 7.45. The summed E-state index contributed by atoms with van der Waals surface area (Å²) >= 11 is 0. The van der Waals surface area contributed by atoms with E-state index in [0.29, 0.717) is 6.29 Å². The average molecular weight is 226 g/mol. The molecule has 2 N–H and O–H groups in total. The number of allylic oxidation sites excluding steroid dienone is 1. The molecule has 0 aliphatic carbocycles. The first-order chi connectivity index (χ1) is 7.10. The molecule has 1 rings (SSSR count). The Morgan fingerprint density at radius 3 is 2.47 bits per heavy atom. The summed E-state index contributed by atoms with van der Waals surface area (Å²) in [6, 6.07) is 5.72. The van der Waals surface area contributed by atoms with E-state index in [0.717, 1.165) is 0 Å². The van der Waals surface area contributed by atoms with Crippen molar-refractivity contribution in [3.05, 3.63) is 36.9 Å². The maximum Gasteiger partial charge on any atom is 0.770 e. The zero-order chi connectivity index (χ0) is 11.7. The molecule has 15 heavy (non-hydrogen) atoms. The van der Waals surface area contributed by atoms with Crippen LogP contribution in [0, 0.1) is 0 Å². The van der Waals surface area contributed by atoms with E-state index in [-0.39, 0.29) is 11.5 Å². The molecule has 0 spiro atoms. The van der Waals surface area contributed by atoms with Crippen molar-refractivity contribution in [1.82, 2.24) is 0 Å². The van der Waals surface area contributed by atoms with E-state index in [1.54, 1.807) is 0 Å². The number of hydrogen-bond donors (Lipinski definition) is 2. The second-order valence-electron chi connectivity index (χ2n) is 2.24. The number of phenolic OH excluding ortho intramolecular Hbond substituents is 1. The van der Waals surface area contributed by atoms with Crippen LogP contribution in [-0.2, 0) is 9.26 Å². The highest BCUT2D eigenvalue weighted by Gasteiger charge is 2.05. The minimum Gasteiger partial charge on any atom is -0.511 e. The normalized spacial score (nSPS) is 8.00. The van der Waals surface area contributed by atoms with E-state index in [4.69, 9.17) is 14.7 Å². The number of rotatable bonds is 3. The van der Waals surface area contributed by atoms with Gasteiger partial charge in [-0.25, -0.2) is 0 Å². The molecule has 0 unspecified atom stereocenters. The fourth-order valence-corrected chi connectivity index (χ4v) is 0.976. The third-order valence-corrected chi connectivity index (χ3v) is 1.53. The lowest BCUT2D eigenvalue weighted by molar-refractivity contribution is -0.104. The maximum atomic E-state index is 10.2. The summed E-state index contributed by atoms with van der Waals surface area (Å²) in [4.78, 5) is 17.4. The van der Waals surface area contributed by atoms with Gasteiger partial charge in [-0.05, 0) is 18.2 Å². The summed E-state index contributed by atoms with van der Waals surface area (Å²) in [6.45, 7) is 3.11. The Kier molecular flexibility index (Phi) is 6.48. The van der Waals surface area contributed by atoms with Crippen molar-refractivity contribution in [3.8, 4) is 11.5 Å². The quantitative estimate of drug-likeness (QED) is 0.446. The molecule has 0 saturated carbocycles. The van der Waals surface area contributed by atoms with Gasteiger partial charge in [-0.1, -0.05) is 12.6 Å². The molecular formula is C9H10O5Si. The summed E-state index contributed by atoms with van der Waals surface area (Å²) in [5, 5.41) is 8.87. The van der Waals surface area contributed by atoms with E-state index in [9.17, 15) is 4.46 Å². The van der Waals surface area contributed by atoms with Crippen LogP contribution in [0.25, 0.3) is 0 Å². The van der Waals surface area contributed by atoms with Gasteiger partial charge in [0, 0.05) is 6.07 Å². The third-order valence-electron chi connectivity index (χ3n) is 1.12. The predicted molar refractivity (Wildman–Crippen MR) is 53.7 cm³/mol. The van der Waals surface area contributed by atoms with Gasteiger partial charge in [0.05, 0.1) is 0 Å². The van der Waals surface area contributed by atoms with Crippen molar-refractivity contribution in [2.24, 2.45) is 0 Å². The fraction of sp³-hybridized carbons (Fsp3) is 0. The molecule has 5 nitrogen and oxygen atoms in total. The van der Waals surface area contributed by atoms with Crippen LogP contribution in [0.1, 0.15) is 0 Å². The molecule has 0 bridgehead atoms. The molecular weight excluding hydrogens is 216 g/mol. The topological polar surface area (TPSA) is 83.8 Å². The SMILES string of the molecule is C=CC=O.O=[Si](O)Oc1cccc(O)c1. The minimum absolute atomic E-state index is 0.00532. The molecule has 1 aromatic carbocycles. The molecule has 0 aromatic heterocycles. The van der Waals surface area contributed by atoms with Crippen LogP contribution in [0.4, 0.5) is 0 Å².